The molecule has 0 saturated carbocycles. The third-order valence-corrected chi connectivity index (χ3v) is 3.12. The minimum atomic E-state index is -0.654. The predicted molar refractivity (Wildman–Crippen MR) is 52.1 cm³/mol. The lowest BCUT2D eigenvalue weighted by Gasteiger charge is -2.35. The summed E-state index contributed by atoms with van der Waals surface area (Å²) in [6, 6.07) is 2.48. The van der Waals surface area contributed by atoms with Gasteiger partial charge in [-0.05, 0) is 18.9 Å². The summed E-state index contributed by atoms with van der Waals surface area (Å²) in [5.41, 5.74) is 0. The van der Waals surface area contributed by atoms with Crippen LogP contribution in [0.25, 0.3) is 0 Å². The van der Waals surface area contributed by atoms with Crippen LogP contribution in [0.3, 0.4) is 0 Å². The Balaban J connectivity index is 1.93. The highest BCUT2D eigenvalue weighted by molar-refractivity contribution is 5.42. The van der Waals surface area contributed by atoms with Gasteiger partial charge in [0.05, 0.1) is 25.3 Å². The number of morpholine rings is 1. The molecule has 4 nitrogen and oxygen atoms in total. The topological polar surface area (TPSA) is 38.2 Å². The van der Waals surface area contributed by atoms with Crippen molar-refractivity contribution in [3.05, 3.63) is 18.3 Å². The lowest BCUT2D eigenvalue weighted by molar-refractivity contribution is 0.0901. The molecule has 2 bridgehead atoms. The highest BCUT2D eigenvalue weighted by Crippen LogP contribution is 2.32. The Hall–Kier alpha value is -1.23. The van der Waals surface area contributed by atoms with Crippen molar-refractivity contribution in [1.82, 2.24) is 9.97 Å². The van der Waals surface area contributed by atoms with E-state index in [1.54, 1.807) is 6.07 Å². The molecule has 2 fully saturated rings. The number of fused-ring (bicyclic) bond motifs is 2. The second kappa shape index (κ2) is 3.41. The number of ether oxygens (including phenoxy) is 1. The molecular formula is C10H12FN3O. The molecule has 2 atom stereocenters. The van der Waals surface area contributed by atoms with Gasteiger partial charge in [-0.25, -0.2) is 4.98 Å². The van der Waals surface area contributed by atoms with Gasteiger partial charge in [0.25, 0.3) is 0 Å². The molecule has 2 aliphatic rings. The van der Waals surface area contributed by atoms with Gasteiger partial charge in [-0.2, -0.15) is 9.37 Å². The first-order chi connectivity index (χ1) is 7.34. The van der Waals surface area contributed by atoms with Crippen LogP contribution in [0.4, 0.5) is 10.2 Å². The minimum absolute atomic E-state index is 0.359. The Morgan fingerprint density at radius 2 is 2.07 bits per heavy atom. The summed E-state index contributed by atoms with van der Waals surface area (Å²) in [6.07, 6.45) is 3.03. The van der Waals surface area contributed by atoms with Crippen molar-refractivity contribution in [3.8, 4) is 0 Å². The molecule has 0 spiro atoms. The molecule has 80 valence electrons. The Bertz CT molecular complexity index is 357. The Morgan fingerprint density at radius 1 is 1.33 bits per heavy atom. The van der Waals surface area contributed by atoms with Gasteiger partial charge in [-0.3, -0.25) is 0 Å². The molecule has 15 heavy (non-hydrogen) atoms. The molecule has 0 radical (unpaired) electrons. The highest BCUT2D eigenvalue weighted by atomic mass is 19.1. The molecule has 2 aliphatic heterocycles. The standard InChI is InChI=1S/C10H12FN3O/c11-10-12-4-3-9(13-10)14-7-1-2-8(14)6-15-5-7/h3-4,7-8H,1-2,5-6H2. The Labute approximate surface area is 87.1 Å². The zero-order chi connectivity index (χ0) is 10.3. The summed E-state index contributed by atoms with van der Waals surface area (Å²) in [5, 5.41) is 0. The second-order valence-electron chi connectivity index (χ2n) is 4.01. The molecule has 2 unspecified atom stereocenters. The first kappa shape index (κ1) is 9.03. The maximum absolute atomic E-state index is 12.9. The quantitative estimate of drug-likeness (QED) is 0.646. The van der Waals surface area contributed by atoms with Gasteiger partial charge in [0.2, 0.25) is 0 Å². The average Bonchev–Trinajstić information content (AvgIpc) is 2.49. The Kier molecular flexibility index (Phi) is 2.05. The van der Waals surface area contributed by atoms with Crippen LogP contribution >= 0.6 is 0 Å². The van der Waals surface area contributed by atoms with Crippen LogP contribution < -0.4 is 4.90 Å². The van der Waals surface area contributed by atoms with E-state index in [1.165, 1.54) is 6.20 Å². The number of rotatable bonds is 1. The summed E-state index contributed by atoms with van der Waals surface area (Å²) in [4.78, 5) is 9.47. The maximum Gasteiger partial charge on any atom is 0.310 e. The van der Waals surface area contributed by atoms with Crippen molar-refractivity contribution >= 4 is 5.82 Å². The van der Waals surface area contributed by atoms with Crippen LogP contribution in [0.1, 0.15) is 12.8 Å². The van der Waals surface area contributed by atoms with Crippen LogP contribution in [0.5, 0.6) is 0 Å². The molecule has 3 heterocycles. The number of anilines is 1. The summed E-state index contributed by atoms with van der Waals surface area (Å²) in [6.45, 7) is 1.45. The van der Waals surface area contributed by atoms with Gasteiger partial charge in [0.15, 0.2) is 0 Å². The van der Waals surface area contributed by atoms with Crippen molar-refractivity contribution in [2.45, 2.75) is 24.9 Å². The molecule has 3 rings (SSSR count). The van der Waals surface area contributed by atoms with Crippen LogP contribution in [0, 0.1) is 6.08 Å². The third kappa shape index (κ3) is 1.47. The molecule has 0 aliphatic carbocycles. The highest BCUT2D eigenvalue weighted by Gasteiger charge is 2.38. The van der Waals surface area contributed by atoms with Gasteiger partial charge >= 0.3 is 6.08 Å². The number of halogens is 1. The van der Waals surface area contributed by atoms with Crippen molar-refractivity contribution in [2.75, 3.05) is 18.1 Å². The summed E-state index contributed by atoms with van der Waals surface area (Å²) >= 11 is 0. The number of hydrogen-bond donors (Lipinski definition) is 0. The lowest BCUT2D eigenvalue weighted by Crippen LogP contribution is -2.46. The van der Waals surface area contributed by atoms with Crippen LogP contribution in [0.2, 0.25) is 0 Å². The molecule has 1 aromatic rings. The molecule has 0 aromatic carbocycles. The van der Waals surface area contributed by atoms with E-state index in [1.807, 2.05) is 0 Å². The van der Waals surface area contributed by atoms with Crippen molar-refractivity contribution in [3.63, 3.8) is 0 Å². The smallest absolute Gasteiger partial charge is 0.310 e. The van der Waals surface area contributed by atoms with Gasteiger partial charge in [-0.1, -0.05) is 0 Å². The molecule has 0 N–H and O–H groups in total. The van der Waals surface area contributed by atoms with E-state index >= 15 is 0 Å². The van der Waals surface area contributed by atoms with Gasteiger partial charge in [0.1, 0.15) is 5.82 Å². The monoisotopic (exact) mass is 209 g/mol. The van der Waals surface area contributed by atoms with Crippen LogP contribution in [0.15, 0.2) is 12.3 Å². The van der Waals surface area contributed by atoms with Gasteiger partial charge < -0.3 is 9.64 Å². The fourth-order valence-electron chi connectivity index (χ4n) is 2.47. The van der Waals surface area contributed by atoms with Crippen molar-refractivity contribution in [2.24, 2.45) is 0 Å². The molecule has 5 heteroatoms. The lowest BCUT2D eigenvalue weighted by atomic mass is 10.2. The largest absolute Gasteiger partial charge is 0.377 e. The molecule has 2 saturated heterocycles. The maximum atomic E-state index is 12.9. The van der Waals surface area contributed by atoms with E-state index in [0.717, 1.165) is 26.1 Å². The van der Waals surface area contributed by atoms with Crippen molar-refractivity contribution < 1.29 is 9.13 Å². The van der Waals surface area contributed by atoms with E-state index < -0.39 is 6.08 Å². The summed E-state index contributed by atoms with van der Waals surface area (Å²) < 4.78 is 18.4. The second-order valence-corrected chi connectivity index (χ2v) is 4.01. The van der Waals surface area contributed by atoms with E-state index in [2.05, 4.69) is 14.9 Å². The van der Waals surface area contributed by atoms with Gasteiger partial charge in [-0.15, -0.1) is 0 Å². The molecule has 0 amide bonds. The predicted octanol–water partition coefficient (Wildman–Crippen LogP) is 0.983. The van der Waals surface area contributed by atoms with Gasteiger partial charge in [0, 0.05) is 6.20 Å². The number of hydrogen-bond acceptors (Lipinski definition) is 4. The minimum Gasteiger partial charge on any atom is -0.377 e. The SMILES string of the molecule is Fc1nccc(N2C3CCC2COC3)n1. The fraction of sp³-hybridized carbons (Fsp3) is 0.600. The summed E-state index contributed by atoms with van der Waals surface area (Å²) in [5.74, 6) is 0.693. The zero-order valence-electron chi connectivity index (χ0n) is 8.27. The van der Waals surface area contributed by atoms with E-state index in [0.29, 0.717) is 17.9 Å². The van der Waals surface area contributed by atoms with Crippen molar-refractivity contribution in [1.29, 1.82) is 0 Å². The zero-order valence-corrected chi connectivity index (χ0v) is 8.27. The van der Waals surface area contributed by atoms with E-state index in [9.17, 15) is 4.39 Å². The third-order valence-electron chi connectivity index (χ3n) is 3.12. The summed E-state index contributed by atoms with van der Waals surface area (Å²) in [7, 11) is 0. The van der Waals surface area contributed by atoms with E-state index in [-0.39, 0.29) is 0 Å². The first-order valence-corrected chi connectivity index (χ1v) is 5.19. The number of aromatic nitrogens is 2. The average molecular weight is 209 g/mol. The molecule has 1 aromatic heterocycles. The number of nitrogens with zero attached hydrogens (tertiary/aromatic N) is 3. The molecular weight excluding hydrogens is 197 g/mol. The normalized spacial score (nSPS) is 29.5. The van der Waals surface area contributed by atoms with E-state index in [4.69, 9.17) is 4.74 Å². The fourth-order valence-corrected chi connectivity index (χ4v) is 2.47. The Morgan fingerprint density at radius 3 is 2.73 bits per heavy atom. The van der Waals surface area contributed by atoms with Crippen LogP contribution in [-0.2, 0) is 4.74 Å². The first-order valence-electron chi connectivity index (χ1n) is 5.19. The van der Waals surface area contributed by atoms with Crippen LogP contribution in [-0.4, -0.2) is 35.3 Å².